The molecule has 0 fully saturated rings. The van der Waals surface area contributed by atoms with E-state index in [0.29, 0.717) is 10.6 Å². The molecule has 0 spiro atoms. The highest BCUT2D eigenvalue weighted by molar-refractivity contribution is 6.30. The van der Waals surface area contributed by atoms with E-state index in [4.69, 9.17) is 16.3 Å². The van der Waals surface area contributed by atoms with E-state index in [2.05, 4.69) is 6.58 Å². The van der Waals surface area contributed by atoms with E-state index in [-0.39, 0.29) is 0 Å². The van der Waals surface area contributed by atoms with Crippen molar-refractivity contribution in [2.24, 2.45) is 0 Å². The van der Waals surface area contributed by atoms with Crippen LogP contribution >= 0.6 is 11.6 Å². The predicted octanol–water partition coefficient (Wildman–Crippen LogP) is 3.20. The molecule has 1 aromatic carbocycles. The van der Waals surface area contributed by atoms with Gasteiger partial charge in [-0.2, -0.15) is 0 Å². The Bertz CT molecular complexity index is 369. The maximum atomic E-state index is 11.3. The van der Waals surface area contributed by atoms with Gasteiger partial charge >= 0.3 is 5.97 Å². The van der Waals surface area contributed by atoms with Crippen LogP contribution in [-0.4, -0.2) is 5.97 Å². The Labute approximate surface area is 87.5 Å². The number of esters is 1. The van der Waals surface area contributed by atoms with E-state index in [9.17, 15) is 4.79 Å². The van der Waals surface area contributed by atoms with Crippen molar-refractivity contribution < 1.29 is 9.53 Å². The number of carbonyl (C=O) groups is 1. The lowest BCUT2D eigenvalue weighted by Gasteiger charge is -1.98. The van der Waals surface area contributed by atoms with Gasteiger partial charge in [-0.05, 0) is 24.3 Å². The Morgan fingerprint density at radius 1 is 1.50 bits per heavy atom. The maximum absolute atomic E-state index is 11.3. The van der Waals surface area contributed by atoms with Crippen LogP contribution in [0.2, 0.25) is 5.02 Å². The van der Waals surface area contributed by atoms with E-state index in [1.807, 2.05) is 0 Å². The van der Waals surface area contributed by atoms with Gasteiger partial charge in [0.2, 0.25) is 0 Å². The van der Waals surface area contributed by atoms with Crippen LogP contribution in [0, 0.1) is 0 Å². The summed E-state index contributed by atoms with van der Waals surface area (Å²) in [6.45, 7) is 3.45. The van der Waals surface area contributed by atoms with E-state index in [0.717, 1.165) is 0 Å². The Morgan fingerprint density at radius 3 is 2.93 bits per heavy atom. The third-order valence-corrected chi connectivity index (χ3v) is 1.69. The number of ether oxygens (including phenoxy) is 1. The SMILES string of the molecule is C=C/C=C/OC(=O)c1cccc(Cl)c1. The van der Waals surface area contributed by atoms with E-state index >= 15 is 0 Å². The summed E-state index contributed by atoms with van der Waals surface area (Å²) in [5, 5.41) is 0.507. The Hall–Kier alpha value is -1.54. The van der Waals surface area contributed by atoms with E-state index < -0.39 is 5.97 Å². The number of allylic oxidation sites excluding steroid dienone is 2. The number of hydrogen-bond acceptors (Lipinski definition) is 2. The van der Waals surface area contributed by atoms with Crippen molar-refractivity contribution in [2.75, 3.05) is 0 Å². The van der Waals surface area contributed by atoms with Gasteiger partial charge in [-0.25, -0.2) is 4.79 Å². The van der Waals surface area contributed by atoms with Gasteiger partial charge in [-0.1, -0.05) is 30.3 Å². The first-order valence-electron chi connectivity index (χ1n) is 3.98. The molecule has 3 heteroatoms. The molecular formula is C11H9ClO2. The summed E-state index contributed by atoms with van der Waals surface area (Å²) < 4.78 is 4.77. The summed E-state index contributed by atoms with van der Waals surface area (Å²) in [5.41, 5.74) is 0.422. The first-order valence-corrected chi connectivity index (χ1v) is 4.36. The average molecular weight is 209 g/mol. The van der Waals surface area contributed by atoms with Crippen LogP contribution in [0.15, 0.2) is 49.3 Å². The fourth-order valence-electron chi connectivity index (χ4n) is 0.840. The van der Waals surface area contributed by atoms with Crippen LogP contribution in [-0.2, 0) is 4.74 Å². The lowest BCUT2D eigenvalue weighted by molar-refractivity contribution is 0.0663. The van der Waals surface area contributed by atoms with Crippen molar-refractivity contribution in [2.45, 2.75) is 0 Å². The molecule has 0 aromatic heterocycles. The molecule has 2 nitrogen and oxygen atoms in total. The summed E-state index contributed by atoms with van der Waals surface area (Å²) in [5.74, 6) is -0.439. The van der Waals surface area contributed by atoms with Crippen LogP contribution in [0.3, 0.4) is 0 Å². The topological polar surface area (TPSA) is 26.3 Å². The molecule has 0 aliphatic carbocycles. The van der Waals surface area contributed by atoms with Crippen LogP contribution < -0.4 is 0 Å². The van der Waals surface area contributed by atoms with Gasteiger partial charge in [0, 0.05) is 5.02 Å². The monoisotopic (exact) mass is 208 g/mol. The van der Waals surface area contributed by atoms with Crippen molar-refractivity contribution >= 4 is 17.6 Å². The summed E-state index contributed by atoms with van der Waals surface area (Å²) >= 11 is 5.71. The molecular weight excluding hydrogens is 200 g/mol. The fraction of sp³-hybridized carbons (Fsp3) is 0. The van der Waals surface area contributed by atoms with Crippen LogP contribution in [0.4, 0.5) is 0 Å². The van der Waals surface area contributed by atoms with E-state index in [1.54, 1.807) is 24.3 Å². The Balaban J connectivity index is 2.69. The molecule has 0 heterocycles. The minimum Gasteiger partial charge on any atom is -0.431 e. The highest BCUT2D eigenvalue weighted by Crippen LogP contribution is 2.11. The van der Waals surface area contributed by atoms with Crippen LogP contribution in [0.5, 0.6) is 0 Å². The smallest absolute Gasteiger partial charge is 0.342 e. The molecule has 0 saturated carbocycles. The molecule has 0 aliphatic heterocycles. The number of carbonyl (C=O) groups excluding carboxylic acids is 1. The quantitative estimate of drug-likeness (QED) is 0.433. The van der Waals surface area contributed by atoms with Crippen molar-refractivity contribution in [3.05, 3.63) is 59.8 Å². The normalized spacial score (nSPS) is 10.1. The second-order valence-electron chi connectivity index (χ2n) is 2.48. The highest BCUT2D eigenvalue weighted by Gasteiger charge is 2.04. The van der Waals surface area contributed by atoms with Gasteiger partial charge in [-0.15, -0.1) is 0 Å². The standard InChI is InChI=1S/C11H9ClO2/c1-2-3-7-14-11(13)9-5-4-6-10(12)8-9/h2-8H,1H2/b7-3+. The predicted molar refractivity (Wildman–Crippen MR) is 56.2 cm³/mol. The summed E-state index contributed by atoms with van der Waals surface area (Å²) in [6, 6.07) is 6.57. The second-order valence-corrected chi connectivity index (χ2v) is 2.92. The molecule has 0 N–H and O–H groups in total. The zero-order chi connectivity index (χ0) is 10.4. The lowest BCUT2D eigenvalue weighted by Crippen LogP contribution is -1.99. The van der Waals surface area contributed by atoms with Gasteiger partial charge in [0.05, 0.1) is 11.8 Å². The molecule has 0 atom stereocenters. The molecule has 0 radical (unpaired) electrons. The molecule has 1 aromatic rings. The van der Waals surface area contributed by atoms with Gasteiger partial charge in [0.15, 0.2) is 0 Å². The number of benzene rings is 1. The zero-order valence-electron chi connectivity index (χ0n) is 7.44. The first kappa shape index (κ1) is 10.5. The largest absolute Gasteiger partial charge is 0.431 e. The molecule has 0 saturated heterocycles. The molecule has 0 bridgehead atoms. The van der Waals surface area contributed by atoms with Crippen molar-refractivity contribution in [1.29, 1.82) is 0 Å². The molecule has 1 rings (SSSR count). The molecule has 0 amide bonds. The minimum absolute atomic E-state index is 0.422. The first-order chi connectivity index (χ1) is 6.74. The summed E-state index contributed by atoms with van der Waals surface area (Å²) in [4.78, 5) is 11.3. The van der Waals surface area contributed by atoms with Gasteiger partial charge in [-0.3, -0.25) is 0 Å². The fourth-order valence-corrected chi connectivity index (χ4v) is 1.03. The Kier molecular flexibility index (Phi) is 3.95. The molecule has 14 heavy (non-hydrogen) atoms. The van der Waals surface area contributed by atoms with Crippen molar-refractivity contribution in [3.8, 4) is 0 Å². The number of rotatable bonds is 3. The van der Waals surface area contributed by atoms with Gasteiger partial charge < -0.3 is 4.74 Å². The Morgan fingerprint density at radius 2 is 2.29 bits per heavy atom. The third kappa shape index (κ3) is 3.07. The summed E-state index contributed by atoms with van der Waals surface area (Å²) in [6.07, 6.45) is 4.32. The minimum atomic E-state index is -0.439. The van der Waals surface area contributed by atoms with Crippen LogP contribution in [0.1, 0.15) is 10.4 Å². The summed E-state index contributed by atoms with van der Waals surface area (Å²) in [7, 11) is 0. The maximum Gasteiger partial charge on any atom is 0.342 e. The van der Waals surface area contributed by atoms with Crippen LogP contribution in [0.25, 0.3) is 0 Å². The van der Waals surface area contributed by atoms with Crippen molar-refractivity contribution in [3.63, 3.8) is 0 Å². The highest BCUT2D eigenvalue weighted by atomic mass is 35.5. The lowest BCUT2D eigenvalue weighted by atomic mass is 10.2. The second kappa shape index (κ2) is 5.25. The number of hydrogen-bond donors (Lipinski definition) is 0. The zero-order valence-corrected chi connectivity index (χ0v) is 8.20. The van der Waals surface area contributed by atoms with Gasteiger partial charge in [0.25, 0.3) is 0 Å². The van der Waals surface area contributed by atoms with E-state index in [1.165, 1.54) is 18.4 Å². The third-order valence-electron chi connectivity index (χ3n) is 1.45. The molecule has 0 aliphatic rings. The average Bonchev–Trinajstić information content (AvgIpc) is 2.18. The molecule has 0 unspecified atom stereocenters. The number of halogens is 1. The molecule has 72 valence electrons. The van der Waals surface area contributed by atoms with Gasteiger partial charge in [0.1, 0.15) is 0 Å². The van der Waals surface area contributed by atoms with Crippen molar-refractivity contribution in [1.82, 2.24) is 0 Å².